The number of ketones is 1. The number of anilines is 1. The van der Waals surface area contributed by atoms with Crippen molar-refractivity contribution in [2.24, 2.45) is 0 Å². The van der Waals surface area contributed by atoms with Gasteiger partial charge in [-0.1, -0.05) is 60.7 Å². The van der Waals surface area contributed by atoms with Crippen LogP contribution in [-0.4, -0.2) is 16.8 Å². The molecule has 0 bridgehead atoms. The van der Waals surface area contributed by atoms with Crippen LogP contribution in [-0.2, 0) is 21.7 Å². The average Bonchev–Trinajstić information content (AvgIpc) is 3.40. The van der Waals surface area contributed by atoms with Gasteiger partial charge < -0.3 is 14.4 Å². The van der Waals surface area contributed by atoms with Crippen LogP contribution < -0.4 is 4.90 Å². The minimum Gasteiger partial charge on any atom is -0.465 e. The quantitative estimate of drug-likeness (QED) is 0.451. The average molecular weight is 423 g/mol. The Morgan fingerprint density at radius 3 is 2.59 bits per heavy atom. The number of carbonyl (C=O) groups is 2. The first-order valence-corrected chi connectivity index (χ1v) is 10.4. The maximum Gasteiger partial charge on any atom is 0.264 e. The van der Waals surface area contributed by atoms with Crippen molar-refractivity contribution in [1.29, 1.82) is 0 Å². The standard InChI is InChI=1S/C27H21NO4/c29-21(14-15-22-10-6-16-32-22)17-27(31)24-12-3-4-13-25(24)28(26(27)30)18-20-9-5-8-19-7-1-2-11-23(19)20/h1-16,31H,17-18H2/b15-14+/t27-/m1/s1. The summed E-state index contributed by atoms with van der Waals surface area (Å²) in [7, 11) is 0. The van der Waals surface area contributed by atoms with Crippen molar-refractivity contribution in [3.63, 3.8) is 0 Å². The molecule has 0 spiro atoms. The van der Waals surface area contributed by atoms with E-state index in [0.29, 0.717) is 23.6 Å². The Hall–Kier alpha value is -3.96. The lowest BCUT2D eigenvalue weighted by molar-refractivity contribution is -0.140. The Kier molecular flexibility index (Phi) is 4.96. The van der Waals surface area contributed by atoms with Gasteiger partial charge in [0.2, 0.25) is 0 Å². The van der Waals surface area contributed by atoms with Gasteiger partial charge in [0.15, 0.2) is 11.4 Å². The molecular weight excluding hydrogens is 402 g/mol. The van der Waals surface area contributed by atoms with E-state index in [1.165, 1.54) is 18.4 Å². The lowest BCUT2D eigenvalue weighted by Gasteiger charge is -2.23. The van der Waals surface area contributed by atoms with E-state index in [1.54, 1.807) is 35.2 Å². The number of hydrogen-bond donors (Lipinski definition) is 1. The minimum atomic E-state index is -1.91. The molecule has 0 saturated heterocycles. The lowest BCUT2D eigenvalue weighted by atomic mass is 9.90. The van der Waals surface area contributed by atoms with E-state index < -0.39 is 11.5 Å². The molecule has 1 aliphatic rings. The van der Waals surface area contributed by atoms with Crippen molar-refractivity contribution in [1.82, 2.24) is 0 Å². The molecule has 0 fully saturated rings. The van der Waals surface area contributed by atoms with Gasteiger partial charge in [-0.15, -0.1) is 0 Å². The lowest BCUT2D eigenvalue weighted by Crippen LogP contribution is -2.41. The van der Waals surface area contributed by atoms with Crippen LogP contribution in [0.15, 0.2) is 95.6 Å². The van der Waals surface area contributed by atoms with Crippen molar-refractivity contribution in [2.45, 2.75) is 18.6 Å². The van der Waals surface area contributed by atoms with E-state index in [9.17, 15) is 14.7 Å². The van der Waals surface area contributed by atoms with E-state index >= 15 is 0 Å². The first-order chi connectivity index (χ1) is 15.6. The zero-order chi connectivity index (χ0) is 22.1. The van der Waals surface area contributed by atoms with Gasteiger partial charge in [-0.25, -0.2) is 0 Å². The van der Waals surface area contributed by atoms with Crippen molar-refractivity contribution in [3.8, 4) is 0 Å². The summed E-state index contributed by atoms with van der Waals surface area (Å²) in [4.78, 5) is 27.7. The van der Waals surface area contributed by atoms with Gasteiger partial charge in [0.05, 0.1) is 24.9 Å². The zero-order valence-corrected chi connectivity index (χ0v) is 17.3. The number of fused-ring (bicyclic) bond motifs is 2. The highest BCUT2D eigenvalue weighted by molar-refractivity contribution is 6.10. The number of furan rings is 1. The number of rotatable bonds is 6. The monoisotopic (exact) mass is 423 g/mol. The first kappa shape index (κ1) is 20.0. The molecule has 1 aliphatic heterocycles. The molecule has 5 heteroatoms. The number of nitrogens with zero attached hydrogens (tertiary/aromatic N) is 1. The van der Waals surface area contributed by atoms with Crippen LogP contribution in [0.3, 0.4) is 0 Å². The molecule has 4 aromatic rings. The molecule has 3 aromatic carbocycles. The Bertz CT molecular complexity index is 1330. The highest BCUT2D eigenvalue weighted by Crippen LogP contribution is 2.43. The molecule has 0 unspecified atom stereocenters. The molecule has 158 valence electrons. The fourth-order valence-electron chi connectivity index (χ4n) is 4.31. The number of aliphatic hydroxyl groups is 1. The molecule has 0 saturated carbocycles. The van der Waals surface area contributed by atoms with Gasteiger partial charge in [0, 0.05) is 5.56 Å². The Balaban J connectivity index is 1.47. The number of benzene rings is 3. The molecule has 32 heavy (non-hydrogen) atoms. The fraction of sp³-hybridized carbons (Fsp3) is 0.111. The van der Waals surface area contributed by atoms with Gasteiger partial charge in [0.1, 0.15) is 5.76 Å². The number of amides is 1. The summed E-state index contributed by atoms with van der Waals surface area (Å²) in [5, 5.41) is 13.6. The van der Waals surface area contributed by atoms with Crippen LogP contribution in [0.2, 0.25) is 0 Å². The van der Waals surface area contributed by atoms with Crippen LogP contribution in [0.5, 0.6) is 0 Å². The van der Waals surface area contributed by atoms with Gasteiger partial charge in [-0.2, -0.15) is 0 Å². The maximum absolute atomic E-state index is 13.5. The van der Waals surface area contributed by atoms with Crippen LogP contribution in [0.1, 0.15) is 23.3 Å². The van der Waals surface area contributed by atoms with E-state index in [2.05, 4.69) is 0 Å². The molecular formula is C27H21NO4. The maximum atomic E-state index is 13.5. The summed E-state index contributed by atoms with van der Waals surface area (Å²) in [6.45, 7) is 0.302. The summed E-state index contributed by atoms with van der Waals surface area (Å²) in [5.41, 5.74) is 0.131. The Labute approximate surface area is 185 Å². The van der Waals surface area contributed by atoms with Gasteiger partial charge in [-0.05, 0) is 46.7 Å². The van der Waals surface area contributed by atoms with Crippen LogP contribution >= 0.6 is 0 Å². The third-order valence-electron chi connectivity index (χ3n) is 5.85. The number of para-hydroxylation sites is 1. The van der Waals surface area contributed by atoms with Crippen LogP contribution in [0.4, 0.5) is 5.69 Å². The predicted molar refractivity (Wildman–Crippen MR) is 123 cm³/mol. The summed E-state index contributed by atoms with van der Waals surface area (Å²) < 4.78 is 5.20. The second kappa shape index (κ2) is 7.94. The zero-order valence-electron chi connectivity index (χ0n) is 17.3. The van der Waals surface area contributed by atoms with Gasteiger partial charge in [0.25, 0.3) is 5.91 Å². The van der Waals surface area contributed by atoms with Gasteiger partial charge in [-0.3, -0.25) is 9.59 Å². The van der Waals surface area contributed by atoms with Crippen molar-refractivity contribution in [2.75, 3.05) is 4.90 Å². The normalized spacial score (nSPS) is 17.9. The third kappa shape index (κ3) is 3.43. The summed E-state index contributed by atoms with van der Waals surface area (Å²) in [6.07, 6.45) is 4.04. The summed E-state index contributed by atoms with van der Waals surface area (Å²) in [5.74, 6) is -0.327. The summed E-state index contributed by atoms with van der Waals surface area (Å²) >= 11 is 0. The molecule has 1 N–H and O–H groups in total. The topological polar surface area (TPSA) is 70.7 Å². The van der Waals surface area contributed by atoms with Crippen molar-refractivity contribution >= 4 is 34.2 Å². The SMILES string of the molecule is O=C(/C=C/c1ccco1)C[C@]1(O)C(=O)N(Cc2cccc3ccccc23)c2ccccc21. The second-order valence-corrected chi connectivity index (χ2v) is 7.90. The Morgan fingerprint density at radius 2 is 1.75 bits per heavy atom. The molecule has 5 nitrogen and oxygen atoms in total. The number of allylic oxidation sites excluding steroid dienone is 1. The van der Waals surface area contributed by atoms with Gasteiger partial charge >= 0.3 is 0 Å². The molecule has 2 heterocycles. The number of hydrogen-bond acceptors (Lipinski definition) is 4. The molecule has 0 radical (unpaired) electrons. The van der Waals surface area contributed by atoms with Crippen molar-refractivity contribution < 1.29 is 19.1 Å². The van der Waals surface area contributed by atoms with E-state index in [1.807, 2.05) is 48.5 Å². The van der Waals surface area contributed by atoms with Crippen LogP contribution in [0.25, 0.3) is 16.8 Å². The highest BCUT2D eigenvalue weighted by atomic mass is 16.3. The Morgan fingerprint density at radius 1 is 0.969 bits per heavy atom. The second-order valence-electron chi connectivity index (χ2n) is 7.90. The molecule has 1 aromatic heterocycles. The smallest absolute Gasteiger partial charge is 0.264 e. The molecule has 5 rings (SSSR count). The third-order valence-corrected chi connectivity index (χ3v) is 5.85. The van der Waals surface area contributed by atoms with Crippen LogP contribution in [0, 0.1) is 0 Å². The van der Waals surface area contributed by atoms with Crippen molar-refractivity contribution in [3.05, 3.63) is 108 Å². The minimum absolute atomic E-state index is 0.302. The molecule has 0 aliphatic carbocycles. The molecule has 1 amide bonds. The van der Waals surface area contributed by atoms with E-state index in [4.69, 9.17) is 4.42 Å². The summed E-state index contributed by atoms with van der Waals surface area (Å²) in [6, 6.07) is 24.5. The number of carbonyl (C=O) groups excluding carboxylic acids is 2. The predicted octanol–water partition coefficient (Wildman–Crippen LogP) is 4.84. The largest absolute Gasteiger partial charge is 0.465 e. The molecule has 1 atom stereocenters. The fourth-order valence-corrected chi connectivity index (χ4v) is 4.31. The first-order valence-electron chi connectivity index (χ1n) is 10.4. The van der Waals surface area contributed by atoms with E-state index in [0.717, 1.165) is 16.3 Å². The highest BCUT2D eigenvalue weighted by Gasteiger charge is 2.50. The van der Waals surface area contributed by atoms with E-state index in [-0.39, 0.29) is 12.2 Å².